The molecule has 0 saturated heterocycles. The van der Waals surface area contributed by atoms with Crippen molar-refractivity contribution in [1.82, 2.24) is 5.32 Å². The van der Waals surface area contributed by atoms with Gasteiger partial charge in [0.25, 0.3) is 0 Å². The lowest BCUT2D eigenvalue weighted by Crippen LogP contribution is -2.25. The van der Waals surface area contributed by atoms with E-state index in [4.69, 9.17) is 23.2 Å². The van der Waals surface area contributed by atoms with Gasteiger partial charge in [-0.25, -0.2) is 0 Å². The molecule has 0 amide bonds. The Morgan fingerprint density at radius 2 is 2.07 bits per heavy atom. The zero-order valence-corrected chi connectivity index (χ0v) is 10.5. The summed E-state index contributed by atoms with van der Waals surface area (Å²) in [4.78, 5) is 0. The molecule has 0 aliphatic heterocycles. The van der Waals surface area contributed by atoms with E-state index >= 15 is 0 Å². The number of halogens is 2. The molecule has 1 rings (SSSR count). The summed E-state index contributed by atoms with van der Waals surface area (Å²) in [6.45, 7) is 2.99. The van der Waals surface area contributed by atoms with Crippen LogP contribution in [0.25, 0.3) is 0 Å². The second-order valence-electron chi connectivity index (χ2n) is 3.70. The molecule has 3 heteroatoms. The van der Waals surface area contributed by atoms with Crippen molar-refractivity contribution in [2.75, 3.05) is 5.88 Å². The van der Waals surface area contributed by atoms with Gasteiger partial charge < -0.3 is 5.32 Å². The van der Waals surface area contributed by atoms with Gasteiger partial charge in [-0.1, -0.05) is 29.8 Å². The van der Waals surface area contributed by atoms with E-state index in [-0.39, 0.29) is 0 Å². The SMILES string of the molecule is CC(CCCCl)NCc1ccccc1Cl. The van der Waals surface area contributed by atoms with E-state index in [1.54, 1.807) is 0 Å². The number of hydrogen-bond donors (Lipinski definition) is 1. The summed E-state index contributed by atoms with van der Waals surface area (Å²) in [5.74, 6) is 0.734. The highest BCUT2D eigenvalue weighted by molar-refractivity contribution is 6.31. The number of hydrogen-bond acceptors (Lipinski definition) is 1. The largest absolute Gasteiger partial charge is 0.310 e. The molecule has 1 aromatic carbocycles. The molecule has 0 aliphatic carbocycles. The smallest absolute Gasteiger partial charge is 0.0450 e. The Balaban J connectivity index is 2.33. The van der Waals surface area contributed by atoms with Crippen molar-refractivity contribution in [3.8, 4) is 0 Å². The highest BCUT2D eigenvalue weighted by Crippen LogP contribution is 2.14. The maximum absolute atomic E-state index is 6.05. The minimum atomic E-state index is 0.486. The molecule has 15 heavy (non-hydrogen) atoms. The summed E-state index contributed by atoms with van der Waals surface area (Å²) in [6, 6.07) is 8.40. The monoisotopic (exact) mass is 245 g/mol. The summed E-state index contributed by atoms with van der Waals surface area (Å²) >= 11 is 11.7. The Kier molecular flexibility index (Phi) is 6.07. The average Bonchev–Trinajstić information content (AvgIpc) is 2.25. The van der Waals surface area contributed by atoms with E-state index in [2.05, 4.69) is 12.2 Å². The van der Waals surface area contributed by atoms with Gasteiger partial charge in [0.1, 0.15) is 0 Å². The van der Waals surface area contributed by atoms with E-state index in [0.717, 1.165) is 35.9 Å². The highest BCUT2D eigenvalue weighted by atomic mass is 35.5. The molecule has 0 aromatic heterocycles. The maximum atomic E-state index is 6.05. The molecule has 1 aromatic rings. The Hall–Kier alpha value is -0.240. The van der Waals surface area contributed by atoms with Crippen molar-refractivity contribution >= 4 is 23.2 Å². The molecule has 0 saturated carbocycles. The molecule has 1 N–H and O–H groups in total. The van der Waals surface area contributed by atoms with Crippen LogP contribution in [0, 0.1) is 0 Å². The molecule has 1 unspecified atom stereocenters. The predicted molar refractivity (Wildman–Crippen MR) is 67.7 cm³/mol. The number of nitrogens with one attached hydrogen (secondary N) is 1. The van der Waals surface area contributed by atoms with Crippen LogP contribution in [-0.2, 0) is 6.54 Å². The first kappa shape index (κ1) is 12.8. The summed E-state index contributed by atoms with van der Waals surface area (Å²) in [5, 5.41) is 4.26. The van der Waals surface area contributed by atoms with Crippen LogP contribution >= 0.6 is 23.2 Å². The van der Waals surface area contributed by atoms with E-state index in [0.29, 0.717) is 6.04 Å². The van der Waals surface area contributed by atoms with Crippen LogP contribution in [0.1, 0.15) is 25.3 Å². The standard InChI is InChI=1S/C12H17Cl2N/c1-10(5-4-8-13)15-9-11-6-2-3-7-12(11)14/h2-3,6-7,10,15H,4-5,8-9H2,1H3. The zero-order valence-electron chi connectivity index (χ0n) is 8.97. The van der Waals surface area contributed by atoms with Gasteiger partial charge in [-0.2, -0.15) is 0 Å². The normalized spacial score (nSPS) is 12.7. The van der Waals surface area contributed by atoms with Crippen molar-refractivity contribution in [2.45, 2.75) is 32.4 Å². The maximum Gasteiger partial charge on any atom is 0.0450 e. The molecule has 0 spiro atoms. The fourth-order valence-electron chi connectivity index (χ4n) is 1.41. The van der Waals surface area contributed by atoms with Gasteiger partial charge in [-0.15, -0.1) is 11.6 Å². The van der Waals surface area contributed by atoms with Crippen molar-refractivity contribution in [3.63, 3.8) is 0 Å². The summed E-state index contributed by atoms with van der Waals surface area (Å²) in [5.41, 5.74) is 1.15. The van der Waals surface area contributed by atoms with Gasteiger partial charge in [0.2, 0.25) is 0 Å². The molecule has 0 aliphatic rings. The molecule has 0 bridgehead atoms. The van der Waals surface area contributed by atoms with Crippen LogP contribution in [0.3, 0.4) is 0 Å². The first-order valence-corrected chi connectivity index (χ1v) is 6.18. The Labute approximate surface area is 102 Å². The molecule has 1 nitrogen and oxygen atoms in total. The summed E-state index contributed by atoms with van der Waals surface area (Å²) < 4.78 is 0. The topological polar surface area (TPSA) is 12.0 Å². The van der Waals surface area contributed by atoms with Gasteiger partial charge in [-0.3, -0.25) is 0 Å². The first-order chi connectivity index (χ1) is 7.24. The van der Waals surface area contributed by atoms with E-state index < -0.39 is 0 Å². The van der Waals surface area contributed by atoms with Gasteiger partial charge in [-0.05, 0) is 31.4 Å². The van der Waals surface area contributed by atoms with E-state index in [1.807, 2.05) is 24.3 Å². The average molecular weight is 246 g/mol. The summed E-state index contributed by atoms with van der Waals surface area (Å²) in [7, 11) is 0. The molecular weight excluding hydrogens is 229 g/mol. The van der Waals surface area contributed by atoms with Crippen LogP contribution in [0.15, 0.2) is 24.3 Å². The minimum absolute atomic E-state index is 0.486. The number of alkyl halides is 1. The third kappa shape index (κ3) is 4.87. The Morgan fingerprint density at radius 3 is 2.73 bits per heavy atom. The second kappa shape index (κ2) is 7.10. The fraction of sp³-hybridized carbons (Fsp3) is 0.500. The molecule has 0 heterocycles. The lowest BCUT2D eigenvalue weighted by atomic mass is 10.1. The van der Waals surface area contributed by atoms with Crippen molar-refractivity contribution in [2.24, 2.45) is 0 Å². The van der Waals surface area contributed by atoms with Crippen molar-refractivity contribution in [3.05, 3.63) is 34.9 Å². The fourth-order valence-corrected chi connectivity index (χ4v) is 1.77. The molecule has 1 atom stereocenters. The zero-order chi connectivity index (χ0) is 11.1. The van der Waals surface area contributed by atoms with Crippen LogP contribution in [0.5, 0.6) is 0 Å². The van der Waals surface area contributed by atoms with Crippen LogP contribution in [0.2, 0.25) is 5.02 Å². The summed E-state index contributed by atoms with van der Waals surface area (Å²) in [6.07, 6.45) is 2.16. The van der Waals surface area contributed by atoms with Crippen LogP contribution < -0.4 is 5.32 Å². The van der Waals surface area contributed by atoms with E-state index in [9.17, 15) is 0 Å². The Morgan fingerprint density at radius 1 is 1.33 bits per heavy atom. The highest BCUT2D eigenvalue weighted by Gasteiger charge is 2.02. The number of benzene rings is 1. The second-order valence-corrected chi connectivity index (χ2v) is 4.49. The quantitative estimate of drug-likeness (QED) is 0.752. The third-order valence-electron chi connectivity index (χ3n) is 2.37. The van der Waals surface area contributed by atoms with E-state index in [1.165, 1.54) is 0 Å². The predicted octanol–water partition coefficient (Wildman–Crippen LogP) is 3.84. The molecule has 0 radical (unpaired) electrons. The van der Waals surface area contributed by atoms with Gasteiger partial charge in [0, 0.05) is 23.5 Å². The van der Waals surface area contributed by atoms with Crippen molar-refractivity contribution in [1.29, 1.82) is 0 Å². The molecule has 84 valence electrons. The van der Waals surface area contributed by atoms with Gasteiger partial charge in [0.15, 0.2) is 0 Å². The molecule has 0 fully saturated rings. The third-order valence-corrected chi connectivity index (χ3v) is 3.01. The first-order valence-electron chi connectivity index (χ1n) is 5.26. The van der Waals surface area contributed by atoms with Gasteiger partial charge in [0.05, 0.1) is 0 Å². The minimum Gasteiger partial charge on any atom is -0.310 e. The van der Waals surface area contributed by atoms with Crippen molar-refractivity contribution < 1.29 is 0 Å². The van der Waals surface area contributed by atoms with Crippen LogP contribution in [-0.4, -0.2) is 11.9 Å². The lowest BCUT2D eigenvalue weighted by Gasteiger charge is -2.13. The molecular formula is C12H17Cl2N. The Bertz CT molecular complexity index is 289. The van der Waals surface area contributed by atoms with Crippen LogP contribution in [0.4, 0.5) is 0 Å². The number of rotatable bonds is 6. The lowest BCUT2D eigenvalue weighted by molar-refractivity contribution is 0.509. The van der Waals surface area contributed by atoms with Gasteiger partial charge >= 0.3 is 0 Å².